The van der Waals surface area contributed by atoms with Gasteiger partial charge in [-0.2, -0.15) is 0 Å². The summed E-state index contributed by atoms with van der Waals surface area (Å²) in [6.45, 7) is 4.56. The van der Waals surface area contributed by atoms with Crippen LogP contribution in [-0.2, 0) is 0 Å². The summed E-state index contributed by atoms with van der Waals surface area (Å²) in [5, 5.41) is 6.14. The lowest BCUT2D eigenvalue weighted by molar-refractivity contribution is 0.235. The van der Waals surface area contributed by atoms with Gasteiger partial charge in [0, 0.05) is 12.6 Å². The van der Waals surface area contributed by atoms with Gasteiger partial charge in [0.15, 0.2) is 0 Å². The van der Waals surface area contributed by atoms with E-state index in [-0.39, 0.29) is 6.03 Å². The lowest BCUT2D eigenvalue weighted by atomic mass is 10.1. The van der Waals surface area contributed by atoms with E-state index in [0.717, 1.165) is 25.8 Å². The maximum Gasteiger partial charge on any atom is 0.315 e. The van der Waals surface area contributed by atoms with Crippen LogP contribution < -0.4 is 10.6 Å². The third-order valence-corrected chi connectivity index (χ3v) is 4.58. The summed E-state index contributed by atoms with van der Waals surface area (Å²) in [6.07, 6.45) is 12.5. The van der Waals surface area contributed by atoms with Gasteiger partial charge in [-0.1, -0.05) is 25.7 Å². The molecule has 1 aliphatic heterocycles. The first-order valence-electron chi connectivity index (χ1n) is 8.61. The van der Waals surface area contributed by atoms with Crippen molar-refractivity contribution in [3.05, 3.63) is 0 Å². The molecule has 0 aromatic heterocycles. The van der Waals surface area contributed by atoms with Gasteiger partial charge < -0.3 is 15.5 Å². The fraction of sp³-hybridized carbons (Fsp3) is 0.938. The number of hydrogen-bond donors (Lipinski definition) is 2. The molecular formula is C16H31N3O. The number of nitrogens with one attached hydrogen (secondary N) is 2. The first-order valence-corrected chi connectivity index (χ1v) is 8.61. The van der Waals surface area contributed by atoms with Crippen molar-refractivity contribution in [2.24, 2.45) is 0 Å². The highest BCUT2D eigenvalue weighted by molar-refractivity contribution is 5.74. The van der Waals surface area contributed by atoms with Gasteiger partial charge in [-0.15, -0.1) is 0 Å². The number of amides is 2. The number of carbonyl (C=O) groups is 1. The Bertz CT molecular complexity index is 269. The average molecular weight is 281 g/mol. The molecule has 0 atom stereocenters. The molecule has 0 aromatic rings. The van der Waals surface area contributed by atoms with Gasteiger partial charge in [0.2, 0.25) is 0 Å². The highest BCUT2D eigenvalue weighted by atomic mass is 16.2. The van der Waals surface area contributed by atoms with Crippen LogP contribution in [0.3, 0.4) is 0 Å². The van der Waals surface area contributed by atoms with E-state index in [9.17, 15) is 4.79 Å². The fourth-order valence-corrected chi connectivity index (χ4v) is 3.33. The van der Waals surface area contributed by atoms with Crippen LogP contribution in [0.5, 0.6) is 0 Å². The number of hydrogen-bond acceptors (Lipinski definition) is 2. The summed E-state index contributed by atoms with van der Waals surface area (Å²) >= 11 is 0. The number of likely N-dealkylation sites (tertiary alicyclic amines) is 1. The van der Waals surface area contributed by atoms with Crippen LogP contribution >= 0.6 is 0 Å². The number of nitrogens with zero attached hydrogens (tertiary/aromatic N) is 1. The molecule has 4 nitrogen and oxygen atoms in total. The van der Waals surface area contributed by atoms with E-state index in [1.807, 2.05) is 0 Å². The average Bonchev–Trinajstić information content (AvgIpc) is 2.83. The summed E-state index contributed by atoms with van der Waals surface area (Å²) in [5.41, 5.74) is 0. The van der Waals surface area contributed by atoms with Crippen LogP contribution in [0.15, 0.2) is 0 Å². The van der Waals surface area contributed by atoms with Crippen LogP contribution in [0, 0.1) is 0 Å². The molecule has 2 N–H and O–H groups in total. The first kappa shape index (κ1) is 15.6. The Morgan fingerprint density at radius 1 is 0.950 bits per heavy atom. The minimum Gasteiger partial charge on any atom is -0.338 e. The van der Waals surface area contributed by atoms with E-state index < -0.39 is 0 Å². The zero-order chi connectivity index (χ0) is 14.0. The van der Waals surface area contributed by atoms with E-state index in [0.29, 0.717) is 6.04 Å². The van der Waals surface area contributed by atoms with Crippen LogP contribution in [0.1, 0.15) is 64.2 Å². The Balaban J connectivity index is 1.46. The van der Waals surface area contributed by atoms with Crippen molar-refractivity contribution in [3.63, 3.8) is 0 Å². The molecule has 0 unspecified atom stereocenters. The highest BCUT2D eigenvalue weighted by Crippen LogP contribution is 2.16. The van der Waals surface area contributed by atoms with Crippen LogP contribution in [0.4, 0.5) is 4.79 Å². The minimum atomic E-state index is 0.0399. The second-order valence-electron chi connectivity index (χ2n) is 6.34. The third-order valence-electron chi connectivity index (χ3n) is 4.58. The maximum atomic E-state index is 11.8. The Morgan fingerprint density at radius 2 is 1.65 bits per heavy atom. The number of unbranched alkanes of at least 4 members (excludes halogenated alkanes) is 1. The highest BCUT2D eigenvalue weighted by Gasteiger charge is 2.14. The largest absolute Gasteiger partial charge is 0.338 e. The second kappa shape index (κ2) is 9.22. The summed E-state index contributed by atoms with van der Waals surface area (Å²) in [5.74, 6) is 0. The van der Waals surface area contributed by atoms with Crippen molar-refractivity contribution in [1.29, 1.82) is 0 Å². The molecule has 0 spiro atoms. The summed E-state index contributed by atoms with van der Waals surface area (Å²) in [6, 6.07) is 0.445. The molecule has 0 radical (unpaired) electrons. The lowest BCUT2D eigenvalue weighted by Gasteiger charge is -2.17. The molecule has 1 aliphatic carbocycles. The standard InChI is InChI=1S/C16H31N3O/c20-16(18-15-9-3-1-2-4-10-15)17-11-5-6-12-19-13-7-8-14-19/h15H,1-14H2,(H2,17,18,20). The normalized spacial score (nSPS) is 21.6. The topological polar surface area (TPSA) is 44.4 Å². The number of carbonyl (C=O) groups excluding carboxylic acids is 1. The van der Waals surface area contributed by atoms with Crippen LogP contribution in [0.2, 0.25) is 0 Å². The molecule has 20 heavy (non-hydrogen) atoms. The lowest BCUT2D eigenvalue weighted by Crippen LogP contribution is -2.42. The molecule has 2 fully saturated rings. The molecule has 4 heteroatoms. The van der Waals surface area contributed by atoms with Gasteiger partial charge in [-0.25, -0.2) is 4.79 Å². The molecule has 0 aromatic carbocycles. The smallest absolute Gasteiger partial charge is 0.315 e. The maximum absolute atomic E-state index is 11.8. The summed E-state index contributed by atoms with van der Waals surface area (Å²) < 4.78 is 0. The van der Waals surface area contributed by atoms with Gasteiger partial charge >= 0.3 is 6.03 Å². The van der Waals surface area contributed by atoms with E-state index >= 15 is 0 Å². The number of rotatable bonds is 6. The first-order chi connectivity index (χ1) is 9.84. The monoisotopic (exact) mass is 281 g/mol. The van der Waals surface area contributed by atoms with Crippen molar-refractivity contribution >= 4 is 6.03 Å². The van der Waals surface area contributed by atoms with Crippen molar-refractivity contribution < 1.29 is 4.79 Å². The fourth-order valence-electron chi connectivity index (χ4n) is 3.33. The van der Waals surface area contributed by atoms with Gasteiger partial charge in [-0.05, 0) is 58.2 Å². The van der Waals surface area contributed by atoms with Crippen molar-refractivity contribution in [2.75, 3.05) is 26.2 Å². The molecule has 116 valence electrons. The van der Waals surface area contributed by atoms with Crippen LogP contribution in [-0.4, -0.2) is 43.2 Å². The van der Waals surface area contributed by atoms with Crippen LogP contribution in [0.25, 0.3) is 0 Å². The van der Waals surface area contributed by atoms with Gasteiger partial charge in [0.25, 0.3) is 0 Å². The zero-order valence-corrected chi connectivity index (χ0v) is 12.8. The summed E-state index contributed by atoms with van der Waals surface area (Å²) in [7, 11) is 0. The Hall–Kier alpha value is -0.770. The van der Waals surface area contributed by atoms with Gasteiger partial charge in [-0.3, -0.25) is 0 Å². The predicted octanol–water partition coefficient (Wildman–Crippen LogP) is 2.88. The molecular weight excluding hydrogens is 250 g/mol. The Labute approximate surface area is 123 Å². The molecule has 0 bridgehead atoms. The zero-order valence-electron chi connectivity index (χ0n) is 12.8. The second-order valence-corrected chi connectivity index (χ2v) is 6.34. The van der Waals surface area contributed by atoms with Crippen molar-refractivity contribution in [2.45, 2.75) is 70.3 Å². The quantitative estimate of drug-likeness (QED) is 0.581. The Kier molecular flexibility index (Phi) is 7.20. The van der Waals surface area contributed by atoms with Crippen molar-refractivity contribution in [1.82, 2.24) is 15.5 Å². The molecule has 1 saturated heterocycles. The number of urea groups is 1. The Morgan fingerprint density at radius 3 is 2.35 bits per heavy atom. The molecule has 1 saturated carbocycles. The minimum absolute atomic E-state index is 0.0399. The summed E-state index contributed by atoms with van der Waals surface area (Å²) in [4.78, 5) is 14.3. The van der Waals surface area contributed by atoms with E-state index in [4.69, 9.17) is 0 Å². The van der Waals surface area contributed by atoms with Crippen molar-refractivity contribution in [3.8, 4) is 0 Å². The van der Waals surface area contributed by atoms with E-state index in [1.165, 1.54) is 64.6 Å². The van der Waals surface area contributed by atoms with E-state index in [1.54, 1.807) is 0 Å². The molecule has 1 heterocycles. The molecule has 2 rings (SSSR count). The molecule has 2 amide bonds. The van der Waals surface area contributed by atoms with Gasteiger partial charge in [0.05, 0.1) is 0 Å². The molecule has 2 aliphatic rings. The van der Waals surface area contributed by atoms with E-state index in [2.05, 4.69) is 15.5 Å². The predicted molar refractivity (Wildman–Crippen MR) is 82.9 cm³/mol. The third kappa shape index (κ3) is 6.12. The SMILES string of the molecule is O=C(NCCCCN1CCCC1)NC1CCCCCC1. The van der Waals surface area contributed by atoms with Gasteiger partial charge in [0.1, 0.15) is 0 Å².